The van der Waals surface area contributed by atoms with Crippen molar-refractivity contribution in [2.24, 2.45) is 0 Å². The van der Waals surface area contributed by atoms with Gasteiger partial charge in [0, 0.05) is 23.1 Å². The van der Waals surface area contributed by atoms with E-state index in [9.17, 15) is 4.79 Å². The fraction of sp³-hybridized carbons (Fsp3) is 0.0690. The van der Waals surface area contributed by atoms with Gasteiger partial charge < -0.3 is 9.30 Å². The molecule has 4 aromatic carbocycles. The van der Waals surface area contributed by atoms with Gasteiger partial charge >= 0.3 is 0 Å². The van der Waals surface area contributed by atoms with Crippen LogP contribution in [0, 0.1) is 0 Å². The number of aromatic nitrogens is 1. The fourth-order valence-electron chi connectivity index (χ4n) is 4.25. The van der Waals surface area contributed by atoms with Crippen LogP contribution in [0.15, 0.2) is 114 Å². The second kappa shape index (κ2) is 8.56. The van der Waals surface area contributed by atoms with E-state index in [-0.39, 0.29) is 5.43 Å². The van der Waals surface area contributed by atoms with Gasteiger partial charge in [0.2, 0.25) is 0 Å². The quantitative estimate of drug-likeness (QED) is 0.338. The van der Waals surface area contributed by atoms with E-state index >= 15 is 0 Å². The average molecular weight is 418 g/mol. The van der Waals surface area contributed by atoms with Gasteiger partial charge in [-0.2, -0.15) is 0 Å². The van der Waals surface area contributed by atoms with Crippen molar-refractivity contribution in [2.45, 2.75) is 6.42 Å². The molecule has 5 rings (SSSR count). The molecule has 0 aliphatic carbocycles. The lowest BCUT2D eigenvalue weighted by atomic mass is 9.96. The van der Waals surface area contributed by atoms with Crippen LogP contribution in [0.2, 0.25) is 0 Å². The minimum atomic E-state index is 0.0769. The first-order valence-corrected chi connectivity index (χ1v) is 10.7. The molecule has 1 aromatic heterocycles. The molecular weight excluding hydrogens is 394 g/mol. The highest BCUT2D eigenvalue weighted by Crippen LogP contribution is 2.31. The molecule has 156 valence electrons. The number of ether oxygens (including phenoxy) is 1. The molecule has 0 saturated heterocycles. The third-order valence-electron chi connectivity index (χ3n) is 5.77. The van der Waals surface area contributed by atoms with E-state index < -0.39 is 0 Å². The minimum absolute atomic E-state index is 0.0769. The molecule has 0 aliphatic heterocycles. The van der Waals surface area contributed by atoms with Crippen molar-refractivity contribution in [3.63, 3.8) is 0 Å². The monoisotopic (exact) mass is 417 g/mol. The van der Waals surface area contributed by atoms with Crippen LogP contribution in [0.4, 0.5) is 0 Å². The maximum Gasteiger partial charge on any atom is 0.193 e. The Kier molecular flexibility index (Phi) is 5.30. The van der Waals surface area contributed by atoms with Crippen LogP contribution in [0.25, 0.3) is 27.8 Å². The van der Waals surface area contributed by atoms with Crippen LogP contribution < -0.4 is 10.2 Å². The number of hydrogen-bond acceptors (Lipinski definition) is 2. The molecule has 0 spiro atoms. The molecule has 0 radical (unpaired) electrons. The molecule has 0 fully saturated rings. The summed E-state index contributed by atoms with van der Waals surface area (Å²) in [7, 11) is 1.66. The first kappa shape index (κ1) is 19.8. The van der Waals surface area contributed by atoms with E-state index in [1.807, 2.05) is 84.9 Å². The molecule has 0 unspecified atom stereocenters. The molecule has 0 bridgehead atoms. The SMILES string of the molecule is COc1ccc(-n2c(-c3ccccc3)c(Cc3ccccc3)c(=O)c3ccccc32)cc1. The summed E-state index contributed by atoms with van der Waals surface area (Å²) in [5, 5.41) is 0.717. The van der Waals surface area contributed by atoms with E-state index in [2.05, 4.69) is 28.8 Å². The molecule has 0 amide bonds. The molecule has 1 heterocycles. The van der Waals surface area contributed by atoms with E-state index in [0.29, 0.717) is 11.8 Å². The van der Waals surface area contributed by atoms with Gasteiger partial charge in [-0.25, -0.2) is 0 Å². The van der Waals surface area contributed by atoms with E-state index in [0.717, 1.165) is 39.3 Å². The summed E-state index contributed by atoms with van der Waals surface area (Å²) in [5.74, 6) is 0.796. The number of fused-ring (bicyclic) bond motifs is 1. The molecule has 0 N–H and O–H groups in total. The zero-order chi connectivity index (χ0) is 21.9. The van der Waals surface area contributed by atoms with Crippen molar-refractivity contribution in [1.82, 2.24) is 4.57 Å². The lowest BCUT2D eigenvalue weighted by Gasteiger charge is -2.21. The average Bonchev–Trinajstić information content (AvgIpc) is 2.87. The number of methoxy groups -OCH3 is 1. The van der Waals surface area contributed by atoms with Gasteiger partial charge in [0.15, 0.2) is 5.43 Å². The van der Waals surface area contributed by atoms with Gasteiger partial charge in [0.1, 0.15) is 5.75 Å². The standard InChI is InChI=1S/C29H23NO2/c1-32-24-18-16-23(17-19-24)30-27-15-9-8-14-25(27)29(31)26(20-21-10-4-2-5-11-21)28(30)22-12-6-3-7-13-22/h2-19H,20H2,1H3. The lowest BCUT2D eigenvalue weighted by Crippen LogP contribution is -2.18. The molecule has 3 heteroatoms. The summed E-state index contributed by atoms with van der Waals surface area (Å²) in [4.78, 5) is 13.8. The highest BCUT2D eigenvalue weighted by Gasteiger charge is 2.19. The fourth-order valence-corrected chi connectivity index (χ4v) is 4.25. The maximum atomic E-state index is 13.8. The normalized spacial score (nSPS) is 10.9. The predicted octanol–water partition coefficient (Wildman–Crippen LogP) is 6.26. The number of nitrogens with zero attached hydrogens (tertiary/aromatic N) is 1. The van der Waals surface area contributed by atoms with Crippen LogP contribution in [0.5, 0.6) is 5.75 Å². The van der Waals surface area contributed by atoms with Gasteiger partial charge in [0.05, 0.1) is 18.3 Å². The van der Waals surface area contributed by atoms with Gasteiger partial charge in [-0.1, -0.05) is 72.8 Å². The van der Waals surface area contributed by atoms with Crippen molar-refractivity contribution in [3.05, 3.63) is 131 Å². The Balaban J connectivity index is 1.89. The molecule has 0 atom stereocenters. The van der Waals surface area contributed by atoms with E-state index in [1.165, 1.54) is 0 Å². The molecule has 5 aromatic rings. The number of pyridine rings is 1. The highest BCUT2D eigenvalue weighted by molar-refractivity contribution is 5.86. The van der Waals surface area contributed by atoms with Crippen molar-refractivity contribution in [1.29, 1.82) is 0 Å². The van der Waals surface area contributed by atoms with Crippen molar-refractivity contribution in [3.8, 4) is 22.7 Å². The summed E-state index contributed by atoms with van der Waals surface area (Å²) in [6, 6.07) is 36.1. The topological polar surface area (TPSA) is 31.2 Å². The third-order valence-corrected chi connectivity index (χ3v) is 5.77. The van der Waals surface area contributed by atoms with Crippen LogP contribution in [-0.4, -0.2) is 11.7 Å². The summed E-state index contributed by atoms with van der Waals surface area (Å²) >= 11 is 0. The van der Waals surface area contributed by atoms with Crippen LogP contribution in [-0.2, 0) is 6.42 Å². The summed E-state index contributed by atoms with van der Waals surface area (Å²) in [6.07, 6.45) is 0.560. The largest absolute Gasteiger partial charge is 0.497 e. The second-order valence-corrected chi connectivity index (χ2v) is 7.74. The van der Waals surface area contributed by atoms with Crippen molar-refractivity contribution in [2.75, 3.05) is 7.11 Å². The second-order valence-electron chi connectivity index (χ2n) is 7.74. The summed E-state index contributed by atoms with van der Waals surface area (Å²) < 4.78 is 7.57. The highest BCUT2D eigenvalue weighted by atomic mass is 16.5. The van der Waals surface area contributed by atoms with Gasteiger partial charge in [-0.15, -0.1) is 0 Å². The number of benzene rings is 4. The Morgan fingerprint density at radius 2 is 1.34 bits per heavy atom. The molecular formula is C29H23NO2. The predicted molar refractivity (Wildman–Crippen MR) is 131 cm³/mol. The third kappa shape index (κ3) is 3.58. The van der Waals surface area contributed by atoms with Crippen LogP contribution in [0.1, 0.15) is 11.1 Å². The zero-order valence-corrected chi connectivity index (χ0v) is 17.9. The van der Waals surface area contributed by atoms with Crippen LogP contribution >= 0.6 is 0 Å². The van der Waals surface area contributed by atoms with Gasteiger partial charge in [0.25, 0.3) is 0 Å². The molecule has 32 heavy (non-hydrogen) atoms. The van der Waals surface area contributed by atoms with Gasteiger partial charge in [-0.05, 0) is 47.5 Å². The van der Waals surface area contributed by atoms with Crippen molar-refractivity contribution >= 4 is 10.9 Å². The summed E-state index contributed by atoms with van der Waals surface area (Å²) in [6.45, 7) is 0. The van der Waals surface area contributed by atoms with Gasteiger partial charge in [-0.3, -0.25) is 4.79 Å². The molecule has 0 aliphatic rings. The summed E-state index contributed by atoms with van der Waals surface area (Å²) in [5.41, 5.74) is 5.78. The zero-order valence-electron chi connectivity index (χ0n) is 17.9. The molecule has 0 saturated carbocycles. The minimum Gasteiger partial charge on any atom is -0.497 e. The first-order chi connectivity index (χ1) is 15.8. The number of rotatable bonds is 5. The van der Waals surface area contributed by atoms with Crippen molar-refractivity contribution < 1.29 is 4.74 Å². The number of hydrogen-bond donors (Lipinski definition) is 0. The van der Waals surface area contributed by atoms with E-state index in [4.69, 9.17) is 4.74 Å². The first-order valence-electron chi connectivity index (χ1n) is 10.7. The molecule has 3 nitrogen and oxygen atoms in total. The maximum absolute atomic E-state index is 13.8. The van der Waals surface area contributed by atoms with E-state index in [1.54, 1.807) is 7.11 Å². The Morgan fingerprint density at radius 3 is 2.03 bits per heavy atom. The van der Waals surface area contributed by atoms with Crippen LogP contribution in [0.3, 0.4) is 0 Å². The Bertz CT molecular complexity index is 1420. The Morgan fingerprint density at radius 1 is 0.719 bits per heavy atom. The Labute approximate surface area is 187 Å². The lowest BCUT2D eigenvalue weighted by molar-refractivity contribution is 0.415. The number of para-hydroxylation sites is 1. The smallest absolute Gasteiger partial charge is 0.193 e. The Hall–Kier alpha value is -4.11.